The maximum atomic E-state index is 12.2. The topological polar surface area (TPSA) is 69.7 Å². The Morgan fingerprint density at radius 2 is 1.95 bits per heavy atom. The second-order valence-corrected chi connectivity index (χ2v) is 6.05. The van der Waals surface area contributed by atoms with Crippen molar-refractivity contribution >= 4 is 38.7 Å². The lowest BCUT2D eigenvalue weighted by Crippen LogP contribution is -2.28. The summed E-state index contributed by atoms with van der Waals surface area (Å²) in [6, 6.07) is 3.23. The van der Waals surface area contributed by atoms with Crippen LogP contribution in [0.4, 0.5) is 13.2 Å². The van der Waals surface area contributed by atoms with Crippen LogP contribution in [-0.2, 0) is 14.9 Å². The molecule has 0 aliphatic heterocycles. The van der Waals surface area contributed by atoms with E-state index in [0.717, 1.165) is 12.1 Å². The predicted octanol–water partition coefficient (Wildman–Crippen LogP) is 2.70. The number of benzene rings is 1. The fraction of sp³-hybridized carbons (Fsp3) is 0.300. The predicted molar refractivity (Wildman–Crippen MR) is 70.7 cm³/mol. The Hall–Kier alpha value is -1.04. The number of alkyl halides is 3. The van der Waals surface area contributed by atoms with E-state index in [0.29, 0.717) is 0 Å². The number of rotatable bonds is 4. The van der Waals surface area contributed by atoms with Crippen molar-refractivity contribution in [3.8, 4) is 5.75 Å². The van der Waals surface area contributed by atoms with Crippen LogP contribution in [-0.4, -0.2) is 26.5 Å². The van der Waals surface area contributed by atoms with Gasteiger partial charge in [0, 0.05) is 0 Å². The van der Waals surface area contributed by atoms with Gasteiger partial charge in [-0.15, -0.1) is 0 Å². The number of carbonyl (C=O) groups is 1. The first-order valence-electron chi connectivity index (χ1n) is 5.06. The van der Waals surface area contributed by atoms with E-state index in [1.807, 2.05) is 0 Å². The van der Waals surface area contributed by atoms with Gasteiger partial charge in [-0.1, -0.05) is 0 Å². The summed E-state index contributed by atoms with van der Waals surface area (Å²) in [5.74, 6) is -1.19. The van der Waals surface area contributed by atoms with Crippen LogP contribution in [0.5, 0.6) is 5.75 Å². The van der Waals surface area contributed by atoms with Crippen LogP contribution in [0.2, 0.25) is 0 Å². The van der Waals surface area contributed by atoms with Gasteiger partial charge in [-0.05, 0) is 47.7 Å². The first kappa shape index (κ1) is 17.0. The average Bonchev–Trinajstić information content (AvgIpc) is 2.30. The van der Waals surface area contributed by atoms with Crippen molar-refractivity contribution in [1.29, 1.82) is 0 Å². The third kappa shape index (κ3) is 3.98. The molecule has 0 fully saturated rings. The maximum absolute atomic E-state index is 12.2. The molecule has 112 valence electrons. The highest BCUT2D eigenvalue weighted by molar-refractivity contribution is 14.1. The van der Waals surface area contributed by atoms with Gasteiger partial charge in [0.05, 0.1) is 15.7 Å². The first-order valence-corrected chi connectivity index (χ1v) is 7.54. The van der Waals surface area contributed by atoms with Crippen LogP contribution >= 0.6 is 22.6 Å². The fourth-order valence-electron chi connectivity index (χ4n) is 1.08. The van der Waals surface area contributed by atoms with E-state index in [-0.39, 0.29) is 15.7 Å². The zero-order chi connectivity index (χ0) is 15.6. The Morgan fingerprint density at radius 1 is 1.35 bits per heavy atom. The van der Waals surface area contributed by atoms with Gasteiger partial charge in [-0.3, -0.25) is 0 Å². The molecule has 0 amide bonds. The van der Waals surface area contributed by atoms with Crippen molar-refractivity contribution in [3.05, 3.63) is 27.3 Å². The van der Waals surface area contributed by atoms with Gasteiger partial charge < -0.3 is 8.92 Å². The average molecular weight is 424 g/mol. The molecule has 0 saturated carbocycles. The van der Waals surface area contributed by atoms with Crippen LogP contribution in [0.3, 0.4) is 0 Å². The molecule has 0 aliphatic carbocycles. The Morgan fingerprint density at radius 3 is 2.40 bits per heavy atom. The molecule has 0 bridgehead atoms. The van der Waals surface area contributed by atoms with E-state index < -0.39 is 27.3 Å². The summed E-state index contributed by atoms with van der Waals surface area (Å²) in [6.07, 6.45) is 0. The lowest BCUT2D eigenvalue weighted by Gasteiger charge is -2.11. The summed E-state index contributed by atoms with van der Waals surface area (Å²) in [5, 5.41) is 0. The third-order valence-electron chi connectivity index (χ3n) is 1.93. The quantitative estimate of drug-likeness (QED) is 0.322. The molecule has 0 heterocycles. The van der Waals surface area contributed by atoms with Crippen LogP contribution in [0, 0.1) is 3.57 Å². The van der Waals surface area contributed by atoms with E-state index in [1.165, 1.54) is 6.07 Å². The second kappa shape index (κ2) is 6.16. The first-order chi connectivity index (χ1) is 9.08. The highest BCUT2D eigenvalue weighted by atomic mass is 127. The molecule has 0 N–H and O–H groups in total. The minimum absolute atomic E-state index is 0.0287. The van der Waals surface area contributed by atoms with Gasteiger partial charge in [-0.2, -0.15) is 21.6 Å². The Kier molecular flexibility index (Phi) is 5.24. The van der Waals surface area contributed by atoms with E-state index in [2.05, 4.69) is 4.18 Å². The Bertz CT molecular complexity index is 612. The van der Waals surface area contributed by atoms with Crippen LogP contribution in [0.1, 0.15) is 17.3 Å². The van der Waals surface area contributed by atoms with Gasteiger partial charge in [0.2, 0.25) is 0 Å². The second-order valence-electron chi connectivity index (χ2n) is 3.35. The normalized spacial score (nSPS) is 12.1. The molecule has 0 atom stereocenters. The molecule has 5 nitrogen and oxygen atoms in total. The summed E-state index contributed by atoms with van der Waals surface area (Å²) in [7, 11) is -5.74. The third-order valence-corrected chi connectivity index (χ3v) is 3.73. The van der Waals surface area contributed by atoms with Crippen LogP contribution in [0.15, 0.2) is 18.2 Å². The van der Waals surface area contributed by atoms with Gasteiger partial charge in [0.1, 0.15) is 0 Å². The molecule has 1 aromatic carbocycles. The highest BCUT2D eigenvalue weighted by Crippen LogP contribution is 2.30. The SMILES string of the molecule is CCOC(=O)c1ccc(OS(=O)(=O)C(F)(F)F)c(I)c1. The summed E-state index contributed by atoms with van der Waals surface area (Å²) >= 11 is 1.55. The van der Waals surface area contributed by atoms with Crippen LogP contribution < -0.4 is 4.18 Å². The smallest absolute Gasteiger partial charge is 0.462 e. The van der Waals surface area contributed by atoms with Gasteiger partial charge in [0.25, 0.3) is 0 Å². The van der Waals surface area contributed by atoms with E-state index >= 15 is 0 Å². The van der Waals surface area contributed by atoms with Crippen molar-refractivity contribution in [2.24, 2.45) is 0 Å². The summed E-state index contributed by atoms with van der Waals surface area (Å²) in [5.41, 5.74) is -5.44. The van der Waals surface area contributed by atoms with Gasteiger partial charge in [0.15, 0.2) is 5.75 Å². The van der Waals surface area contributed by atoms with E-state index in [4.69, 9.17) is 4.74 Å². The lowest BCUT2D eigenvalue weighted by atomic mass is 10.2. The minimum atomic E-state index is -5.74. The molecular weight excluding hydrogens is 416 g/mol. The number of carbonyl (C=O) groups excluding carboxylic acids is 1. The lowest BCUT2D eigenvalue weighted by molar-refractivity contribution is -0.0500. The number of ether oxygens (including phenoxy) is 1. The zero-order valence-corrected chi connectivity index (χ0v) is 12.9. The Balaban J connectivity index is 3.04. The largest absolute Gasteiger partial charge is 0.534 e. The summed E-state index contributed by atoms with van der Waals surface area (Å²) in [6.45, 7) is 1.73. The number of halogens is 4. The van der Waals surface area contributed by atoms with Crippen molar-refractivity contribution in [2.45, 2.75) is 12.4 Å². The molecule has 0 radical (unpaired) electrons. The molecule has 0 unspecified atom stereocenters. The van der Waals surface area contributed by atoms with E-state index in [9.17, 15) is 26.4 Å². The molecule has 0 saturated heterocycles. The molecule has 20 heavy (non-hydrogen) atoms. The van der Waals surface area contributed by atoms with Gasteiger partial charge >= 0.3 is 21.6 Å². The van der Waals surface area contributed by atoms with Crippen molar-refractivity contribution in [3.63, 3.8) is 0 Å². The molecule has 1 aromatic rings. The Labute approximate surface area is 126 Å². The molecule has 1 rings (SSSR count). The molecular formula is C10H8F3IO5S. The zero-order valence-electron chi connectivity index (χ0n) is 9.90. The van der Waals surface area contributed by atoms with Crippen LogP contribution in [0.25, 0.3) is 0 Å². The number of esters is 1. The molecule has 0 spiro atoms. The highest BCUT2D eigenvalue weighted by Gasteiger charge is 2.48. The van der Waals surface area contributed by atoms with Crippen molar-refractivity contribution in [1.82, 2.24) is 0 Å². The summed E-state index contributed by atoms with van der Waals surface area (Å²) in [4.78, 5) is 11.4. The molecule has 10 heteroatoms. The minimum Gasteiger partial charge on any atom is -0.462 e. The standard InChI is InChI=1S/C10H8F3IO5S/c1-2-18-9(15)6-3-4-8(7(14)5-6)19-20(16,17)10(11,12)13/h3-5H,2H2,1H3. The maximum Gasteiger partial charge on any atom is 0.534 e. The monoisotopic (exact) mass is 424 g/mol. The number of hydrogen-bond acceptors (Lipinski definition) is 5. The van der Waals surface area contributed by atoms with Crippen molar-refractivity contribution in [2.75, 3.05) is 6.61 Å². The van der Waals surface area contributed by atoms with Crippen molar-refractivity contribution < 1.29 is 35.3 Å². The summed E-state index contributed by atoms with van der Waals surface area (Å²) < 4.78 is 66.9. The number of hydrogen-bond donors (Lipinski definition) is 0. The molecule has 0 aliphatic rings. The van der Waals surface area contributed by atoms with E-state index in [1.54, 1.807) is 29.5 Å². The van der Waals surface area contributed by atoms with Gasteiger partial charge in [-0.25, -0.2) is 4.79 Å². The molecule has 0 aromatic heterocycles. The fourth-order valence-corrected chi connectivity index (χ4v) is 2.33.